The van der Waals surface area contributed by atoms with Crippen molar-refractivity contribution in [3.63, 3.8) is 0 Å². The number of nitrogens with zero attached hydrogens (tertiary/aromatic N) is 1. The molecule has 1 heterocycles. The summed E-state index contributed by atoms with van der Waals surface area (Å²) >= 11 is 5.42. The van der Waals surface area contributed by atoms with E-state index in [0.29, 0.717) is 18.1 Å². The zero-order chi connectivity index (χ0) is 20.1. The molecule has 1 fully saturated rings. The van der Waals surface area contributed by atoms with Crippen LogP contribution in [0.3, 0.4) is 0 Å². The molecule has 1 aliphatic rings. The molecular formula is C22H27N3O2S. The normalized spacial score (nSPS) is 14.7. The molecule has 0 aliphatic carbocycles. The molecule has 1 amide bonds. The van der Waals surface area contributed by atoms with Gasteiger partial charge in [-0.2, -0.15) is 0 Å². The van der Waals surface area contributed by atoms with Crippen molar-refractivity contribution in [2.75, 3.05) is 23.4 Å². The molecule has 0 unspecified atom stereocenters. The summed E-state index contributed by atoms with van der Waals surface area (Å²) in [6.07, 6.45) is 1.56. The molecule has 2 aromatic rings. The zero-order valence-corrected chi connectivity index (χ0v) is 17.4. The van der Waals surface area contributed by atoms with Crippen molar-refractivity contribution in [2.45, 2.75) is 39.7 Å². The maximum Gasteiger partial charge on any atom is 0.227 e. The minimum absolute atomic E-state index is 0.0592. The largest absolute Gasteiger partial charge is 0.491 e. The predicted octanol–water partition coefficient (Wildman–Crippen LogP) is 4.18. The number of hydrogen-bond donors (Lipinski definition) is 2. The summed E-state index contributed by atoms with van der Waals surface area (Å²) < 4.78 is 5.79. The fourth-order valence-electron chi connectivity index (χ4n) is 3.23. The molecule has 0 saturated carbocycles. The van der Waals surface area contributed by atoms with E-state index < -0.39 is 0 Å². The van der Waals surface area contributed by atoms with Gasteiger partial charge in [0.15, 0.2) is 5.11 Å². The summed E-state index contributed by atoms with van der Waals surface area (Å²) in [5.41, 5.74) is 4.14. The third-order valence-electron chi connectivity index (χ3n) is 4.72. The highest BCUT2D eigenvalue weighted by molar-refractivity contribution is 7.80. The third-order valence-corrected chi connectivity index (χ3v) is 4.94. The molecule has 0 spiro atoms. The third kappa shape index (κ3) is 5.23. The molecule has 0 aromatic heterocycles. The van der Waals surface area contributed by atoms with Crippen molar-refractivity contribution in [3.05, 3.63) is 53.6 Å². The molecule has 1 atom stereocenters. The number of amides is 1. The van der Waals surface area contributed by atoms with Gasteiger partial charge < -0.3 is 20.3 Å². The molecule has 1 aliphatic heterocycles. The summed E-state index contributed by atoms with van der Waals surface area (Å²) in [7, 11) is 0. The standard InChI is InChI=1S/C22H27N3O2S/c1-15-6-9-19(10-7-15)27-14-17(3)23-22(28)24-18-8-11-20(16(2)13-18)25-12-4-5-21(25)26/h6-11,13,17H,4-5,12,14H2,1-3H3,(H2,23,24,28)/t17-/m1/s1. The predicted molar refractivity (Wildman–Crippen MR) is 118 cm³/mol. The van der Waals surface area contributed by atoms with Crippen LogP contribution in [0.2, 0.25) is 0 Å². The van der Waals surface area contributed by atoms with Crippen LogP contribution in [-0.2, 0) is 4.79 Å². The van der Waals surface area contributed by atoms with Crippen LogP contribution in [0.25, 0.3) is 0 Å². The molecule has 148 valence electrons. The Morgan fingerprint density at radius 1 is 1.21 bits per heavy atom. The van der Waals surface area contributed by atoms with E-state index in [-0.39, 0.29) is 11.9 Å². The molecule has 6 heteroatoms. The van der Waals surface area contributed by atoms with Crippen LogP contribution >= 0.6 is 12.2 Å². The highest BCUT2D eigenvalue weighted by atomic mass is 32.1. The Morgan fingerprint density at radius 3 is 2.61 bits per heavy atom. The van der Waals surface area contributed by atoms with Gasteiger partial charge in [-0.05, 0) is 75.3 Å². The van der Waals surface area contributed by atoms with Gasteiger partial charge in [-0.3, -0.25) is 4.79 Å². The molecule has 2 aromatic carbocycles. The number of rotatable bonds is 6. The Hall–Kier alpha value is -2.60. The average molecular weight is 398 g/mol. The minimum atomic E-state index is 0.0592. The smallest absolute Gasteiger partial charge is 0.227 e. The topological polar surface area (TPSA) is 53.6 Å². The summed E-state index contributed by atoms with van der Waals surface area (Å²) in [5.74, 6) is 1.05. The van der Waals surface area contributed by atoms with Crippen molar-refractivity contribution in [1.82, 2.24) is 5.32 Å². The fourth-order valence-corrected chi connectivity index (χ4v) is 3.55. The Balaban J connectivity index is 1.50. The quantitative estimate of drug-likeness (QED) is 0.716. The van der Waals surface area contributed by atoms with E-state index in [1.165, 1.54) is 5.56 Å². The van der Waals surface area contributed by atoms with E-state index in [9.17, 15) is 4.79 Å². The van der Waals surface area contributed by atoms with Crippen molar-refractivity contribution in [3.8, 4) is 5.75 Å². The molecule has 0 radical (unpaired) electrons. The van der Waals surface area contributed by atoms with Crippen molar-refractivity contribution in [1.29, 1.82) is 0 Å². The second-order valence-corrected chi connectivity index (χ2v) is 7.68. The molecule has 3 rings (SSSR count). The highest BCUT2D eigenvalue weighted by Crippen LogP contribution is 2.27. The lowest BCUT2D eigenvalue weighted by atomic mass is 10.1. The molecule has 0 bridgehead atoms. The second kappa shape index (κ2) is 9.06. The molecule has 2 N–H and O–H groups in total. The van der Waals surface area contributed by atoms with Crippen LogP contribution in [0, 0.1) is 13.8 Å². The maximum atomic E-state index is 12.0. The zero-order valence-electron chi connectivity index (χ0n) is 16.6. The Bertz CT molecular complexity index is 851. The van der Waals surface area contributed by atoms with Crippen LogP contribution < -0.4 is 20.3 Å². The minimum Gasteiger partial charge on any atom is -0.491 e. The number of carbonyl (C=O) groups excluding carboxylic acids is 1. The second-order valence-electron chi connectivity index (χ2n) is 7.27. The monoisotopic (exact) mass is 397 g/mol. The van der Waals surface area contributed by atoms with Crippen molar-refractivity contribution >= 4 is 34.6 Å². The molecule has 5 nitrogen and oxygen atoms in total. The van der Waals surface area contributed by atoms with Crippen LogP contribution in [0.1, 0.15) is 30.9 Å². The van der Waals surface area contributed by atoms with Crippen LogP contribution in [-0.4, -0.2) is 30.2 Å². The maximum absolute atomic E-state index is 12.0. The number of hydrogen-bond acceptors (Lipinski definition) is 3. The average Bonchev–Trinajstić information content (AvgIpc) is 3.07. The van der Waals surface area contributed by atoms with E-state index in [4.69, 9.17) is 17.0 Å². The van der Waals surface area contributed by atoms with Gasteiger partial charge in [-0.1, -0.05) is 17.7 Å². The van der Waals surface area contributed by atoms with E-state index in [1.807, 2.05) is 61.2 Å². The van der Waals surface area contributed by atoms with Crippen molar-refractivity contribution in [2.24, 2.45) is 0 Å². The summed E-state index contributed by atoms with van der Waals surface area (Å²) in [5, 5.41) is 6.99. The highest BCUT2D eigenvalue weighted by Gasteiger charge is 2.22. The number of aryl methyl sites for hydroxylation is 2. The van der Waals surface area contributed by atoms with Gasteiger partial charge in [0.2, 0.25) is 5.91 Å². The lowest BCUT2D eigenvalue weighted by Crippen LogP contribution is -2.39. The summed E-state index contributed by atoms with van der Waals surface area (Å²) in [6, 6.07) is 14.0. The Morgan fingerprint density at radius 2 is 1.96 bits per heavy atom. The first-order valence-corrected chi connectivity index (χ1v) is 10.0. The lowest BCUT2D eigenvalue weighted by Gasteiger charge is -2.20. The van der Waals surface area contributed by atoms with Gasteiger partial charge in [0.05, 0.1) is 6.04 Å². The van der Waals surface area contributed by atoms with Gasteiger partial charge in [0.1, 0.15) is 12.4 Å². The van der Waals surface area contributed by atoms with Crippen LogP contribution in [0.5, 0.6) is 5.75 Å². The van der Waals surface area contributed by atoms with Gasteiger partial charge in [-0.15, -0.1) is 0 Å². The SMILES string of the molecule is Cc1ccc(OC[C@@H](C)NC(=S)Nc2ccc(N3CCCC3=O)c(C)c2)cc1. The summed E-state index contributed by atoms with van der Waals surface area (Å²) in [4.78, 5) is 13.8. The van der Waals surface area contributed by atoms with Crippen LogP contribution in [0.4, 0.5) is 11.4 Å². The van der Waals surface area contributed by atoms with E-state index >= 15 is 0 Å². The number of benzene rings is 2. The van der Waals surface area contributed by atoms with E-state index in [2.05, 4.69) is 17.6 Å². The summed E-state index contributed by atoms with van der Waals surface area (Å²) in [6.45, 7) is 7.40. The number of thiocarbonyl (C=S) groups is 1. The Labute approximate surface area is 172 Å². The van der Waals surface area contributed by atoms with E-state index in [1.54, 1.807) is 0 Å². The van der Waals surface area contributed by atoms with Crippen LogP contribution in [0.15, 0.2) is 42.5 Å². The molecule has 28 heavy (non-hydrogen) atoms. The first-order chi connectivity index (χ1) is 13.4. The number of ether oxygens (including phenoxy) is 1. The van der Waals surface area contributed by atoms with Crippen molar-refractivity contribution < 1.29 is 9.53 Å². The molecule has 1 saturated heterocycles. The fraction of sp³-hybridized carbons (Fsp3) is 0.364. The van der Waals surface area contributed by atoms with Gasteiger partial charge in [0, 0.05) is 24.3 Å². The number of carbonyl (C=O) groups is 1. The first kappa shape index (κ1) is 20.1. The van der Waals surface area contributed by atoms with Gasteiger partial charge in [-0.25, -0.2) is 0 Å². The Kier molecular flexibility index (Phi) is 6.52. The van der Waals surface area contributed by atoms with Gasteiger partial charge >= 0.3 is 0 Å². The number of anilines is 2. The number of nitrogens with one attached hydrogen (secondary N) is 2. The lowest BCUT2D eigenvalue weighted by molar-refractivity contribution is -0.117. The first-order valence-electron chi connectivity index (χ1n) is 9.60. The molecular weight excluding hydrogens is 370 g/mol. The van der Waals surface area contributed by atoms with Gasteiger partial charge in [0.25, 0.3) is 0 Å². The van der Waals surface area contributed by atoms with E-state index in [0.717, 1.165) is 35.7 Å².